The number of aliphatic hydroxyl groups is 1. The largest absolute Gasteiger partial charge is 0.454 e. The molecule has 0 fully saturated rings. The summed E-state index contributed by atoms with van der Waals surface area (Å²) >= 11 is 0. The third-order valence-electron chi connectivity index (χ3n) is 4.54. The lowest BCUT2D eigenvalue weighted by atomic mass is 9.90. The molecule has 5 nitrogen and oxygen atoms in total. The zero-order chi connectivity index (χ0) is 19.0. The average Bonchev–Trinajstić information content (AvgIpc) is 2.56. The number of carbonyl (C=O) groups is 2. The van der Waals surface area contributed by atoms with Crippen LogP contribution in [0.15, 0.2) is 36.0 Å². The zero-order valence-corrected chi connectivity index (χ0v) is 15.8. The summed E-state index contributed by atoms with van der Waals surface area (Å²) in [6.45, 7) is 6.91. The molecule has 5 heteroatoms. The second kappa shape index (κ2) is 10.3. The number of methoxy groups -OCH3 is 1. The van der Waals surface area contributed by atoms with Gasteiger partial charge in [0.2, 0.25) is 0 Å². The number of esters is 1. The Balaban J connectivity index is 3.19. The van der Waals surface area contributed by atoms with Crippen molar-refractivity contribution in [3.05, 3.63) is 36.0 Å². The van der Waals surface area contributed by atoms with Crippen molar-refractivity contribution in [2.75, 3.05) is 7.11 Å². The molecule has 1 aliphatic heterocycles. The number of rotatable bonds is 3. The standard InChI is InChI=1S/C20H30O5/c1-13-12-14(2)20(15(3)16(4)21)25-18(22)11-9-7-6-8-10-17(24-5)19(13)23/h8-13,15,17,19-20,23H,6-7H2,1-5H3/t13-,15-,17-,19+,20+/m0/s1. The normalized spacial score (nSPS) is 30.2. The van der Waals surface area contributed by atoms with E-state index in [1.54, 1.807) is 20.1 Å². The van der Waals surface area contributed by atoms with E-state index >= 15 is 0 Å². The Labute approximate surface area is 150 Å². The average molecular weight is 350 g/mol. The van der Waals surface area contributed by atoms with Gasteiger partial charge in [-0.1, -0.05) is 38.2 Å². The molecular weight excluding hydrogens is 320 g/mol. The van der Waals surface area contributed by atoms with E-state index in [0.717, 1.165) is 12.0 Å². The summed E-state index contributed by atoms with van der Waals surface area (Å²) in [7, 11) is 1.56. The van der Waals surface area contributed by atoms with Crippen molar-refractivity contribution in [2.24, 2.45) is 11.8 Å². The number of ketones is 1. The minimum absolute atomic E-state index is 0.0541. The first-order valence-corrected chi connectivity index (χ1v) is 8.71. The molecule has 1 heterocycles. The van der Waals surface area contributed by atoms with E-state index in [1.807, 2.05) is 32.1 Å². The first-order chi connectivity index (χ1) is 11.8. The summed E-state index contributed by atoms with van der Waals surface area (Å²) in [4.78, 5) is 23.8. The van der Waals surface area contributed by atoms with Crippen molar-refractivity contribution in [1.82, 2.24) is 0 Å². The number of cyclic esters (lactones) is 1. The fraction of sp³-hybridized carbons (Fsp3) is 0.600. The fourth-order valence-corrected chi connectivity index (χ4v) is 2.81. The fourth-order valence-electron chi connectivity index (χ4n) is 2.81. The maximum atomic E-state index is 12.0. The molecule has 0 amide bonds. The van der Waals surface area contributed by atoms with Gasteiger partial charge in [0.05, 0.1) is 12.0 Å². The number of carbonyl (C=O) groups excluding carboxylic acids is 2. The molecule has 0 aromatic carbocycles. The summed E-state index contributed by atoms with van der Waals surface area (Å²) in [5.41, 5.74) is 0.742. The van der Waals surface area contributed by atoms with Gasteiger partial charge >= 0.3 is 5.97 Å². The van der Waals surface area contributed by atoms with Crippen molar-refractivity contribution >= 4 is 11.8 Å². The molecule has 5 atom stereocenters. The van der Waals surface area contributed by atoms with Gasteiger partial charge in [-0.25, -0.2) is 4.79 Å². The van der Waals surface area contributed by atoms with E-state index in [1.165, 1.54) is 13.0 Å². The van der Waals surface area contributed by atoms with Crippen molar-refractivity contribution in [3.8, 4) is 0 Å². The quantitative estimate of drug-likeness (QED) is 0.626. The monoisotopic (exact) mass is 350 g/mol. The molecule has 0 unspecified atom stereocenters. The Morgan fingerprint density at radius 3 is 2.60 bits per heavy atom. The number of Topliss-reactive ketones (excluding diaryl/α,β-unsaturated/α-hetero) is 1. The van der Waals surface area contributed by atoms with Gasteiger partial charge in [-0.05, 0) is 32.3 Å². The van der Waals surface area contributed by atoms with Gasteiger partial charge < -0.3 is 14.6 Å². The molecule has 0 aromatic heterocycles. The molecule has 0 bridgehead atoms. The molecule has 0 saturated carbocycles. The molecular formula is C20H30O5. The predicted molar refractivity (Wildman–Crippen MR) is 97.0 cm³/mol. The molecule has 0 spiro atoms. The maximum absolute atomic E-state index is 12.0. The van der Waals surface area contributed by atoms with Crippen LogP contribution in [-0.4, -0.2) is 42.3 Å². The van der Waals surface area contributed by atoms with E-state index in [0.29, 0.717) is 6.42 Å². The van der Waals surface area contributed by atoms with Crippen LogP contribution >= 0.6 is 0 Å². The van der Waals surface area contributed by atoms with Gasteiger partial charge in [0.25, 0.3) is 0 Å². The Hall–Kier alpha value is -1.72. The zero-order valence-electron chi connectivity index (χ0n) is 15.8. The third kappa shape index (κ3) is 6.59. The van der Waals surface area contributed by atoms with Crippen LogP contribution in [0.5, 0.6) is 0 Å². The van der Waals surface area contributed by atoms with E-state index in [-0.39, 0.29) is 11.7 Å². The summed E-state index contributed by atoms with van der Waals surface area (Å²) in [6.07, 6.45) is 8.37. The highest BCUT2D eigenvalue weighted by atomic mass is 16.5. The second-order valence-electron chi connectivity index (χ2n) is 6.63. The lowest BCUT2D eigenvalue weighted by Gasteiger charge is -2.26. The van der Waals surface area contributed by atoms with Gasteiger partial charge in [0.1, 0.15) is 18.0 Å². The van der Waals surface area contributed by atoms with Gasteiger partial charge in [-0.15, -0.1) is 0 Å². The molecule has 1 N–H and O–H groups in total. The Morgan fingerprint density at radius 2 is 2.00 bits per heavy atom. The summed E-state index contributed by atoms with van der Waals surface area (Å²) in [5, 5.41) is 10.5. The van der Waals surface area contributed by atoms with Crippen LogP contribution in [0, 0.1) is 11.8 Å². The highest BCUT2D eigenvalue weighted by Crippen LogP contribution is 2.22. The summed E-state index contributed by atoms with van der Waals surface area (Å²) in [6, 6.07) is 0. The topological polar surface area (TPSA) is 72.8 Å². The van der Waals surface area contributed by atoms with Crippen LogP contribution < -0.4 is 0 Å². The molecule has 0 aliphatic carbocycles. The summed E-state index contributed by atoms with van der Waals surface area (Å²) < 4.78 is 10.9. The van der Waals surface area contributed by atoms with Crippen molar-refractivity contribution in [2.45, 2.75) is 58.8 Å². The first kappa shape index (κ1) is 21.3. The van der Waals surface area contributed by atoms with Crippen LogP contribution in [0.1, 0.15) is 40.5 Å². The first-order valence-electron chi connectivity index (χ1n) is 8.71. The molecule has 140 valence electrons. The smallest absolute Gasteiger partial charge is 0.331 e. The van der Waals surface area contributed by atoms with Gasteiger partial charge in [0.15, 0.2) is 0 Å². The van der Waals surface area contributed by atoms with Crippen molar-refractivity contribution < 1.29 is 24.2 Å². The maximum Gasteiger partial charge on any atom is 0.331 e. The minimum Gasteiger partial charge on any atom is -0.454 e. The number of ether oxygens (including phenoxy) is 2. The minimum atomic E-state index is -0.737. The van der Waals surface area contributed by atoms with E-state index in [4.69, 9.17) is 9.47 Å². The van der Waals surface area contributed by atoms with E-state index < -0.39 is 30.2 Å². The highest BCUT2D eigenvalue weighted by Gasteiger charge is 2.28. The Morgan fingerprint density at radius 1 is 1.36 bits per heavy atom. The molecule has 0 aromatic rings. The van der Waals surface area contributed by atoms with Gasteiger partial charge in [-0.3, -0.25) is 4.79 Å². The molecule has 1 rings (SSSR count). The predicted octanol–water partition coefficient (Wildman–Crippen LogP) is 2.99. The number of allylic oxidation sites excluding steroid dienone is 2. The molecule has 0 radical (unpaired) electrons. The van der Waals surface area contributed by atoms with Crippen LogP contribution in [0.2, 0.25) is 0 Å². The van der Waals surface area contributed by atoms with Gasteiger partial charge in [0, 0.05) is 19.1 Å². The SMILES string of the molecule is CO[C@H]1C=CCCC=CC(=O)O[C@@H]([C@@H](C)C(C)=O)C(C)=C[C@H](C)[C@H]1O. The third-order valence-corrected chi connectivity index (χ3v) is 4.54. The van der Waals surface area contributed by atoms with Crippen LogP contribution in [-0.2, 0) is 19.1 Å². The van der Waals surface area contributed by atoms with E-state index in [9.17, 15) is 14.7 Å². The van der Waals surface area contributed by atoms with Crippen molar-refractivity contribution in [1.29, 1.82) is 0 Å². The summed E-state index contributed by atoms with van der Waals surface area (Å²) in [5.74, 6) is -1.20. The van der Waals surface area contributed by atoms with Crippen LogP contribution in [0.4, 0.5) is 0 Å². The lowest BCUT2D eigenvalue weighted by molar-refractivity contribution is -0.145. The number of aliphatic hydroxyl groups excluding tert-OH is 1. The van der Waals surface area contributed by atoms with Gasteiger partial charge in [-0.2, -0.15) is 0 Å². The molecule has 25 heavy (non-hydrogen) atoms. The highest BCUT2D eigenvalue weighted by molar-refractivity contribution is 5.83. The van der Waals surface area contributed by atoms with Crippen molar-refractivity contribution in [3.63, 3.8) is 0 Å². The van der Waals surface area contributed by atoms with E-state index in [2.05, 4.69) is 0 Å². The Kier molecular flexibility index (Phi) is 8.79. The van der Waals surface area contributed by atoms with Crippen LogP contribution in [0.25, 0.3) is 0 Å². The molecule has 1 aliphatic rings. The number of hydrogen-bond acceptors (Lipinski definition) is 5. The molecule has 0 saturated heterocycles. The number of hydrogen-bond donors (Lipinski definition) is 1. The van der Waals surface area contributed by atoms with Crippen LogP contribution in [0.3, 0.4) is 0 Å². The Bertz CT molecular complexity index is 546. The lowest BCUT2D eigenvalue weighted by Crippen LogP contribution is -2.33. The second-order valence-corrected chi connectivity index (χ2v) is 6.63.